The van der Waals surface area contributed by atoms with E-state index in [1.54, 1.807) is 74.5 Å². The summed E-state index contributed by atoms with van der Waals surface area (Å²) in [6, 6.07) is 15.5. The Balaban J connectivity index is 1.95. The van der Waals surface area contributed by atoms with E-state index >= 15 is 0 Å². The maximum absolute atomic E-state index is 12.7. The first-order valence-corrected chi connectivity index (χ1v) is 10.1. The van der Waals surface area contributed by atoms with Crippen LogP contribution in [0.4, 0.5) is 4.79 Å². The van der Waals surface area contributed by atoms with Crippen molar-refractivity contribution in [2.45, 2.75) is 31.6 Å². The van der Waals surface area contributed by atoms with Gasteiger partial charge >= 0.3 is 17.2 Å². The lowest BCUT2D eigenvalue weighted by Gasteiger charge is -2.31. The lowest BCUT2D eigenvalue weighted by molar-refractivity contribution is -0.139. The van der Waals surface area contributed by atoms with Gasteiger partial charge in [-0.2, -0.15) is 0 Å². The highest BCUT2D eigenvalue weighted by Gasteiger charge is 2.40. The van der Waals surface area contributed by atoms with E-state index in [0.717, 1.165) is 0 Å². The number of amides is 1. The van der Waals surface area contributed by atoms with Crippen LogP contribution in [-0.2, 0) is 19.1 Å². The summed E-state index contributed by atoms with van der Waals surface area (Å²) in [7, 11) is 0. The number of thioether (sulfide) groups is 1. The number of carbonyl (C=O) groups is 4. The van der Waals surface area contributed by atoms with Crippen molar-refractivity contribution in [2.24, 2.45) is 0 Å². The molecule has 0 radical (unpaired) electrons. The molecule has 9 heteroatoms. The summed E-state index contributed by atoms with van der Waals surface area (Å²) in [5.74, 6) is -1.53. The van der Waals surface area contributed by atoms with Gasteiger partial charge in [0.25, 0.3) is 0 Å². The molecule has 1 amide bonds. The van der Waals surface area contributed by atoms with Crippen LogP contribution in [0.2, 0.25) is 0 Å². The third kappa shape index (κ3) is 7.78. The average Bonchev–Trinajstić information content (AvgIpc) is 2.72. The second-order valence-electron chi connectivity index (χ2n) is 6.88. The summed E-state index contributed by atoms with van der Waals surface area (Å²) in [4.78, 5) is 48.4. The molecule has 2 rings (SSSR count). The molecule has 0 unspecified atom stereocenters. The molecule has 1 N–H and O–H groups in total. The van der Waals surface area contributed by atoms with E-state index in [1.807, 2.05) is 0 Å². The zero-order valence-corrected chi connectivity index (χ0v) is 18.1. The first kappa shape index (κ1) is 23.9. The van der Waals surface area contributed by atoms with Gasteiger partial charge < -0.3 is 19.5 Å². The van der Waals surface area contributed by atoms with Crippen LogP contribution >= 0.6 is 11.8 Å². The molecule has 31 heavy (non-hydrogen) atoms. The minimum absolute atomic E-state index is 0.305. The lowest BCUT2D eigenvalue weighted by Crippen LogP contribution is -2.54. The molecular weight excluding hydrogens is 422 g/mol. The Bertz CT molecular complexity index is 916. The number of rotatable bonds is 8. The van der Waals surface area contributed by atoms with Gasteiger partial charge in [0.15, 0.2) is 0 Å². The van der Waals surface area contributed by atoms with Gasteiger partial charge in [-0.15, -0.1) is 0 Å². The fourth-order valence-electron chi connectivity index (χ4n) is 2.48. The maximum Gasteiger partial charge on any atom is 0.370 e. The normalized spacial score (nSPS) is 11.7. The largest absolute Gasteiger partial charge is 0.425 e. The van der Waals surface area contributed by atoms with Crippen molar-refractivity contribution >= 4 is 34.9 Å². The van der Waals surface area contributed by atoms with Crippen LogP contribution in [0.5, 0.6) is 5.75 Å². The molecule has 2 aromatic rings. The van der Waals surface area contributed by atoms with Crippen molar-refractivity contribution in [3.63, 3.8) is 0 Å². The maximum atomic E-state index is 12.7. The van der Waals surface area contributed by atoms with Crippen LogP contribution in [0, 0.1) is 0 Å². The summed E-state index contributed by atoms with van der Waals surface area (Å²) in [5, 5.41) is 1.73. The zero-order valence-electron chi connectivity index (χ0n) is 17.3. The van der Waals surface area contributed by atoms with Gasteiger partial charge in [-0.1, -0.05) is 36.4 Å². The monoisotopic (exact) mass is 445 g/mol. The second-order valence-corrected chi connectivity index (χ2v) is 8.47. The van der Waals surface area contributed by atoms with E-state index in [4.69, 9.17) is 14.2 Å². The Morgan fingerprint density at radius 2 is 1.52 bits per heavy atom. The summed E-state index contributed by atoms with van der Waals surface area (Å²) >= 11 is 0.670. The van der Waals surface area contributed by atoms with Crippen molar-refractivity contribution in [3.05, 3.63) is 66.2 Å². The van der Waals surface area contributed by atoms with Crippen LogP contribution in [0.1, 0.15) is 31.1 Å². The Labute approximate surface area is 184 Å². The molecule has 0 aromatic heterocycles. The Morgan fingerprint density at radius 1 is 0.935 bits per heavy atom. The standard InChI is InChI=1S/C22H23NO7S/c1-15(24)23-18(20(26)30-17-12-8-5-9-13-17)22(2,3)31-21(27)29-14-28-19(25)16-10-6-4-7-11-16/h4-13,18H,14H2,1-3H3,(H,23,24)/t18-/m0/s1. The predicted octanol–water partition coefficient (Wildman–Crippen LogP) is 3.56. The number of esters is 2. The van der Waals surface area contributed by atoms with Crippen molar-refractivity contribution in [1.29, 1.82) is 0 Å². The van der Waals surface area contributed by atoms with E-state index in [9.17, 15) is 19.2 Å². The number of hydrogen-bond acceptors (Lipinski definition) is 8. The van der Waals surface area contributed by atoms with E-state index < -0.39 is 40.7 Å². The van der Waals surface area contributed by atoms with E-state index in [0.29, 0.717) is 23.1 Å². The summed E-state index contributed by atoms with van der Waals surface area (Å²) in [6.45, 7) is 3.84. The van der Waals surface area contributed by atoms with Gasteiger partial charge in [-0.3, -0.25) is 4.79 Å². The van der Waals surface area contributed by atoms with Crippen molar-refractivity contribution in [2.75, 3.05) is 6.79 Å². The summed E-state index contributed by atoms with van der Waals surface area (Å²) < 4.78 is 14.0. The average molecular weight is 445 g/mol. The second kappa shape index (κ2) is 11.2. The molecule has 0 saturated heterocycles. The molecule has 0 bridgehead atoms. The van der Waals surface area contributed by atoms with Gasteiger partial charge in [0, 0.05) is 6.92 Å². The van der Waals surface area contributed by atoms with Gasteiger partial charge in [0.2, 0.25) is 12.7 Å². The van der Waals surface area contributed by atoms with Crippen molar-refractivity contribution in [3.8, 4) is 5.75 Å². The fourth-order valence-corrected chi connectivity index (χ4v) is 3.28. The molecule has 164 valence electrons. The van der Waals surface area contributed by atoms with Crippen LogP contribution < -0.4 is 10.1 Å². The van der Waals surface area contributed by atoms with Gasteiger partial charge in [0.1, 0.15) is 11.8 Å². The highest BCUT2D eigenvalue weighted by molar-refractivity contribution is 8.14. The molecule has 0 aliphatic carbocycles. The van der Waals surface area contributed by atoms with Crippen molar-refractivity contribution < 1.29 is 33.4 Å². The Kier molecular flexibility index (Phi) is 8.63. The third-order valence-corrected chi connectivity index (χ3v) is 5.01. The molecule has 1 atom stereocenters. The minimum Gasteiger partial charge on any atom is -0.425 e. The van der Waals surface area contributed by atoms with E-state index in [1.165, 1.54) is 6.92 Å². The molecule has 0 aliphatic heterocycles. The lowest BCUT2D eigenvalue weighted by atomic mass is 10.0. The zero-order chi connectivity index (χ0) is 22.9. The van der Waals surface area contributed by atoms with E-state index in [2.05, 4.69) is 5.32 Å². The minimum atomic E-state index is -1.14. The van der Waals surface area contributed by atoms with Gasteiger partial charge in [-0.05, 0) is 49.9 Å². The molecule has 0 aliphatic rings. The van der Waals surface area contributed by atoms with Crippen LogP contribution in [0.3, 0.4) is 0 Å². The number of nitrogens with one attached hydrogen (secondary N) is 1. The quantitative estimate of drug-likeness (QED) is 0.373. The first-order chi connectivity index (χ1) is 14.7. The molecule has 0 spiro atoms. The number of ether oxygens (including phenoxy) is 3. The predicted molar refractivity (Wildman–Crippen MR) is 115 cm³/mol. The van der Waals surface area contributed by atoms with Crippen LogP contribution in [0.15, 0.2) is 60.7 Å². The highest BCUT2D eigenvalue weighted by atomic mass is 32.2. The molecular formula is C22H23NO7S. The van der Waals surface area contributed by atoms with Gasteiger partial charge in [0.05, 0.1) is 10.3 Å². The summed E-state index contributed by atoms with van der Waals surface area (Å²) in [6.07, 6.45) is 0. The molecule has 0 saturated carbocycles. The molecule has 2 aromatic carbocycles. The van der Waals surface area contributed by atoms with Crippen molar-refractivity contribution in [1.82, 2.24) is 5.32 Å². The Hall–Kier alpha value is -3.33. The molecule has 0 fully saturated rings. The number of hydrogen-bond donors (Lipinski definition) is 1. The topological polar surface area (TPSA) is 108 Å². The van der Waals surface area contributed by atoms with Gasteiger partial charge in [-0.25, -0.2) is 14.4 Å². The number of carbonyl (C=O) groups excluding carboxylic acids is 4. The van der Waals surface area contributed by atoms with E-state index in [-0.39, 0.29) is 0 Å². The smallest absolute Gasteiger partial charge is 0.370 e. The number of para-hydroxylation sites is 1. The molecule has 0 heterocycles. The third-order valence-electron chi connectivity index (χ3n) is 3.96. The summed E-state index contributed by atoms with van der Waals surface area (Å²) in [5.41, 5.74) is 0.320. The molecule has 8 nitrogen and oxygen atoms in total. The SMILES string of the molecule is CC(=O)N[C@@H](C(=O)Oc1ccccc1)C(C)(C)SC(=O)OCOC(=O)c1ccccc1. The first-order valence-electron chi connectivity index (χ1n) is 9.31. The fraction of sp³-hybridized carbons (Fsp3) is 0.273. The number of benzene rings is 2. The Morgan fingerprint density at radius 3 is 2.10 bits per heavy atom. The van der Waals surface area contributed by atoms with Crippen LogP contribution in [-0.4, -0.2) is 40.7 Å². The van der Waals surface area contributed by atoms with Crippen LogP contribution in [0.25, 0.3) is 0 Å². The highest BCUT2D eigenvalue weighted by Crippen LogP contribution is 2.31.